The standard InChI is InChI=1S/C23H27N5OS/c1-16-8-10-19(11-9-16)21-25-23(27-26-21)30-17(2)22(29)24-20-12-13-28(15-20)14-18-6-4-3-5-7-18/h3-11,17,20H,12-15H2,1-2H3,(H,24,29)(H,25,26,27). The number of benzene rings is 2. The number of carbonyl (C=O) groups excluding carboxylic acids is 1. The number of aromatic amines is 1. The van der Waals surface area contributed by atoms with Gasteiger partial charge in [0.2, 0.25) is 11.1 Å². The van der Waals surface area contributed by atoms with Crippen molar-refractivity contribution in [1.29, 1.82) is 0 Å². The third-order valence-electron chi connectivity index (χ3n) is 5.31. The van der Waals surface area contributed by atoms with E-state index in [0.29, 0.717) is 5.16 Å². The van der Waals surface area contributed by atoms with Crippen molar-refractivity contribution in [3.8, 4) is 11.4 Å². The Balaban J connectivity index is 1.27. The highest BCUT2D eigenvalue weighted by Crippen LogP contribution is 2.23. The van der Waals surface area contributed by atoms with Crippen LogP contribution in [0.5, 0.6) is 0 Å². The minimum absolute atomic E-state index is 0.0354. The van der Waals surface area contributed by atoms with Gasteiger partial charge in [0, 0.05) is 31.2 Å². The van der Waals surface area contributed by atoms with Gasteiger partial charge in [-0.15, -0.1) is 5.10 Å². The first kappa shape index (κ1) is 20.6. The van der Waals surface area contributed by atoms with Crippen LogP contribution in [0.25, 0.3) is 11.4 Å². The van der Waals surface area contributed by atoms with E-state index >= 15 is 0 Å². The number of likely N-dealkylation sites (tertiary alicyclic amines) is 1. The number of amides is 1. The zero-order valence-electron chi connectivity index (χ0n) is 17.3. The van der Waals surface area contributed by atoms with Crippen LogP contribution in [0.15, 0.2) is 59.8 Å². The SMILES string of the molecule is Cc1ccc(-c2nc(SC(C)C(=O)NC3CCN(Cc4ccccc4)C3)n[nH]2)cc1. The lowest BCUT2D eigenvalue weighted by Gasteiger charge is -2.18. The first-order chi connectivity index (χ1) is 14.6. The highest BCUT2D eigenvalue weighted by Gasteiger charge is 2.26. The Kier molecular flexibility index (Phi) is 6.50. The second-order valence-corrected chi connectivity index (χ2v) is 9.12. The summed E-state index contributed by atoms with van der Waals surface area (Å²) in [6, 6.07) is 18.8. The number of nitrogens with one attached hydrogen (secondary N) is 2. The molecule has 2 aromatic carbocycles. The minimum Gasteiger partial charge on any atom is -0.351 e. The predicted molar refractivity (Wildman–Crippen MR) is 120 cm³/mol. The molecule has 30 heavy (non-hydrogen) atoms. The molecule has 3 aromatic rings. The Hall–Kier alpha value is -2.64. The fourth-order valence-corrected chi connectivity index (χ4v) is 4.34. The van der Waals surface area contributed by atoms with E-state index in [-0.39, 0.29) is 17.2 Å². The first-order valence-electron chi connectivity index (χ1n) is 10.3. The molecule has 0 aliphatic carbocycles. The maximum atomic E-state index is 12.7. The molecule has 2 unspecified atom stereocenters. The van der Waals surface area contributed by atoms with Crippen molar-refractivity contribution in [2.24, 2.45) is 0 Å². The lowest BCUT2D eigenvalue weighted by atomic mass is 10.1. The van der Waals surface area contributed by atoms with E-state index in [1.165, 1.54) is 22.9 Å². The topological polar surface area (TPSA) is 73.9 Å². The van der Waals surface area contributed by atoms with Gasteiger partial charge in [0.1, 0.15) is 0 Å². The lowest BCUT2D eigenvalue weighted by Crippen LogP contribution is -2.40. The number of rotatable bonds is 7. The summed E-state index contributed by atoms with van der Waals surface area (Å²) in [4.78, 5) is 19.6. The van der Waals surface area contributed by atoms with Crippen molar-refractivity contribution in [2.45, 2.75) is 43.3 Å². The molecule has 2 atom stereocenters. The third kappa shape index (κ3) is 5.29. The smallest absolute Gasteiger partial charge is 0.233 e. The second kappa shape index (κ2) is 9.45. The monoisotopic (exact) mass is 421 g/mol. The molecule has 1 fully saturated rings. The van der Waals surface area contributed by atoms with Gasteiger partial charge in [0.05, 0.1) is 5.25 Å². The molecular weight excluding hydrogens is 394 g/mol. The summed E-state index contributed by atoms with van der Waals surface area (Å²) in [7, 11) is 0. The summed E-state index contributed by atoms with van der Waals surface area (Å²) in [5, 5.41) is 10.8. The van der Waals surface area contributed by atoms with Crippen LogP contribution < -0.4 is 5.32 Å². The maximum absolute atomic E-state index is 12.7. The molecule has 2 N–H and O–H groups in total. The molecule has 1 aromatic heterocycles. The van der Waals surface area contributed by atoms with Crippen LogP contribution in [0.1, 0.15) is 24.5 Å². The summed E-state index contributed by atoms with van der Waals surface area (Å²) < 4.78 is 0. The predicted octanol–water partition coefficient (Wildman–Crippen LogP) is 3.65. The van der Waals surface area contributed by atoms with Crippen LogP contribution in [0.3, 0.4) is 0 Å². The van der Waals surface area contributed by atoms with E-state index in [1.54, 1.807) is 0 Å². The Morgan fingerprint density at radius 1 is 1.23 bits per heavy atom. The van der Waals surface area contributed by atoms with Gasteiger partial charge in [0.15, 0.2) is 5.82 Å². The Bertz CT molecular complexity index is 973. The quantitative estimate of drug-likeness (QED) is 0.570. The Labute approximate surface area is 181 Å². The van der Waals surface area contributed by atoms with Crippen LogP contribution in [-0.4, -0.2) is 50.4 Å². The molecule has 2 heterocycles. The van der Waals surface area contributed by atoms with Crippen molar-refractivity contribution in [1.82, 2.24) is 25.4 Å². The first-order valence-corrected chi connectivity index (χ1v) is 11.2. The molecule has 6 nitrogen and oxygen atoms in total. The number of thioether (sulfide) groups is 1. The summed E-state index contributed by atoms with van der Waals surface area (Å²) in [6.45, 7) is 6.77. The average Bonchev–Trinajstić information content (AvgIpc) is 3.39. The van der Waals surface area contributed by atoms with E-state index in [0.717, 1.165) is 37.4 Å². The lowest BCUT2D eigenvalue weighted by molar-refractivity contribution is -0.120. The van der Waals surface area contributed by atoms with Gasteiger partial charge < -0.3 is 5.32 Å². The van der Waals surface area contributed by atoms with Crippen molar-refractivity contribution < 1.29 is 4.79 Å². The fourth-order valence-electron chi connectivity index (χ4n) is 3.61. The summed E-state index contributed by atoms with van der Waals surface area (Å²) >= 11 is 1.38. The van der Waals surface area contributed by atoms with E-state index in [2.05, 4.69) is 56.6 Å². The molecule has 4 rings (SSSR count). The zero-order chi connectivity index (χ0) is 20.9. The van der Waals surface area contributed by atoms with Crippen molar-refractivity contribution in [3.63, 3.8) is 0 Å². The van der Waals surface area contributed by atoms with E-state index in [1.807, 2.05) is 37.3 Å². The van der Waals surface area contributed by atoms with Crippen LogP contribution in [0, 0.1) is 6.92 Å². The molecule has 0 spiro atoms. The van der Waals surface area contributed by atoms with Crippen molar-refractivity contribution >= 4 is 17.7 Å². The van der Waals surface area contributed by atoms with Gasteiger partial charge in [0.25, 0.3) is 0 Å². The molecule has 0 bridgehead atoms. The minimum atomic E-state index is -0.255. The highest BCUT2D eigenvalue weighted by atomic mass is 32.2. The number of carbonyl (C=O) groups is 1. The van der Waals surface area contributed by atoms with Gasteiger partial charge in [-0.1, -0.05) is 71.9 Å². The largest absolute Gasteiger partial charge is 0.351 e. The highest BCUT2D eigenvalue weighted by molar-refractivity contribution is 8.00. The summed E-state index contributed by atoms with van der Waals surface area (Å²) in [5.41, 5.74) is 3.50. The summed E-state index contributed by atoms with van der Waals surface area (Å²) in [6.07, 6.45) is 0.980. The molecule has 0 radical (unpaired) electrons. The van der Waals surface area contributed by atoms with Crippen LogP contribution in [0.4, 0.5) is 0 Å². The van der Waals surface area contributed by atoms with Gasteiger partial charge >= 0.3 is 0 Å². The average molecular weight is 422 g/mol. The molecule has 7 heteroatoms. The second-order valence-electron chi connectivity index (χ2n) is 7.81. The van der Waals surface area contributed by atoms with Gasteiger partial charge in [-0.3, -0.25) is 14.8 Å². The van der Waals surface area contributed by atoms with Gasteiger partial charge in [-0.25, -0.2) is 4.98 Å². The molecule has 156 valence electrons. The van der Waals surface area contributed by atoms with Crippen LogP contribution >= 0.6 is 11.8 Å². The molecule has 0 saturated carbocycles. The van der Waals surface area contributed by atoms with E-state index < -0.39 is 0 Å². The zero-order valence-corrected chi connectivity index (χ0v) is 18.2. The third-order valence-corrected chi connectivity index (χ3v) is 6.27. The number of hydrogen-bond acceptors (Lipinski definition) is 5. The van der Waals surface area contributed by atoms with Crippen molar-refractivity contribution in [3.05, 3.63) is 65.7 Å². The number of aryl methyl sites for hydroxylation is 1. The molecular formula is C23H27N5OS. The molecule has 1 amide bonds. The number of nitrogens with zero attached hydrogens (tertiary/aromatic N) is 3. The van der Waals surface area contributed by atoms with Crippen LogP contribution in [-0.2, 0) is 11.3 Å². The van der Waals surface area contributed by atoms with E-state index in [4.69, 9.17) is 0 Å². The number of aromatic nitrogens is 3. The van der Waals surface area contributed by atoms with Gasteiger partial charge in [-0.2, -0.15) is 0 Å². The summed E-state index contributed by atoms with van der Waals surface area (Å²) in [5.74, 6) is 0.755. The normalized spacial score (nSPS) is 17.7. The molecule has 1 saturated heterocycles. The molecule has 1 aliphatic rings. The van der Waals surface area contributed by atoms with Gasteiger partial charge in [-0.05, 0) is 25.8 Å². The van der Waals surface area contributed by atoms with Crippen LogP contribution in [0.2, 0.25) is 0 Å². The Morgan fingerprint density at radius 3 is 2.77 bits per heavy atom. The Morgan fingerprint density at radius 2 is 2.00 bits per heavy atom. The fraction of sp³-hybridized carbons (Fsp3) is 0.348. The number of H-pyrrole nitrogens is 1. The molecule has 1 aliphatic heterocycles. The number of hydrogen-bond donors (Lipinski definition) is 2. The van der Waals surface area contributed by atoms with E-state index in [9.17, 15) is 4.79 Å². The maximum Gasteiger partial charge on any atom is 0.233 e. The van der Waals surface area contributed by atoms with Crippen molar-refractivity contribution in [2.75, 3.05) is 13.1 Å².